The largest absolute Gasteiger partial charge is 0.307 e. The van der Waals surface area contributed by atoms with Crippen molar-refractivity contribution < 1.29 is 0 Å². The number of pyridine rings is 1. The van der Waals surface area contributed by atoms with Gasteiger partial charge in [0.15, 0.2) is 0 Å². The molecule has 1 fully saturated rings. The van der Waals surface area contributed by atoms with Crippen molar-refractivity contribution in [2.24, 2.45) is 0 Å². The first kappa shape index (κ1) is 12.6. The smallest absolute Gasteiger partial charge is 0.0705 e. The molecule has 1 aliphatic rings. The molecule has 0 radical (unpaired) electrons. The maximum atomic E-state index is 4.55. The molecule has 1 N–H and O–H groups in total. The number of fused-ring (bicyclic) bond motifs is 1. The number of nitrogens with one attached hydrogen (secondary N) is 1. The van der Waals surface area contributed by atoms with Gasteiger partial charge < -0.3 is 5.32 Å². The predicted octanol–water partition coefficient (Wildman–Crippen LogP) is 3.97. The Labute approximate surface area is 115 Å². The quantitative estimate of drug-likeness (QED) is 0.896. The fourth-order valence-corrected chi connectivity index (χ4v) is 3.03. The van der Waals surface area contributed by atoms with Gasteiger partial charge in [0.1, 0.15) is 0 Å². The number of rotatable bonds is 3. The van der Waals surface area contributed by atoms with E-state index < -0.39 is 0 Å². The van der Waals surface area contributed by atoms with Gasteiger partial charge in [0, 0.05) is 23.2 Å². The summed E-state index contributed by atoms with van der Waals surface area (Å²) in [6.07, 6.45) is 5.34. The van der Waals surface area contributed by atoms with Gasteiger partial charge >= 0.3 is 0 Å². The molecule has 1 aliphatic carbocycles. The summed E-state index contributed by atoms with van der Waals surface area (Å²) >= 11 is 0. The minimum atomic E-state index is 0.348. The molecule has 1 saturated carbocycles. The van der Waals surface area contributed by atoms with Gasteiger partial charge in [-0.3, -0.25) is 4.98 Å². The highest BCUT2D eigenvalue weighted by Gasteiger charge is 2.27. The molecule has 3 rings (SSSR count). The van der Waals surface area contributed by atoms with E-state index >= 15 is 0 Å². The molecule has 0 atom stereocenters. The Morgan fingerprint density at radius 2 is 1.95 bits per heavy atom. The molecule has 2 aromatic rings. The summed E-state index contributed by atoms with van der Waals surface area (Å²) in [4.78, 5) is 4.55. The predicted molar refractivity (Wildman–Crippen MR) is 80.2 cm³/mol. The van der Waals surface area contributed by atoms with Gasteiger partial charge in [-0.2, -0.15) is 0 Å². The third-order valence-corrected chi connectivity index (χ3v) is 4.32. The fourth-order valence-electron chi connectivity index (χ4n) is 3.03. The molecule has 100 valence electrons. The van der Waals surface area contributed by atoms with Gasteiger partial charge in [0.05, 0.1) is 5.52 Å². The van der Waals surface area contributed by atoms with E-state index in [1.807, 2.05) is 6.92 Å². The topological polar surface area (TPSA) is 24.9 Å². The van der Waals surface area contributed by atoms with Gasteiger partial charge in [-0.15, -0.1) is 0 Å². The van der Waals surface area contributed by atoms with Crippen molar-refractivity contribution in [3.8, 4) is 0 Å². The van der Waals surface area contributed by atoms with Gasteiger partial charge in [-0.1, -0.05) is 25.0 Å². The SMILES string of the molecule is Cc1ccc2cc(CNC3(C)CCCC3)ccc2n1. The normalized spacial score (nSPS) is 18.0. The van der Waals surface area contributed by atoms with E-state index in [0.29, 0.717) is 5.54 Å². The molecule has 0 aliphatic heterocycles. The second-order valence-corrected chi connectivity index (χ2v) is 6.10. The van der Waals surface area contributed by atoms with Crippen LogP contribution >= 0.6 is 0 Å². The number of benzene rings is 1. The molecule has 19 heavy (non-hydrogen) atoms. The van der Waals surface area contributed by atoms with E-state index in [1.165, 1.54) is 36.6 Å². The number of nitrogens with zero attached hydrogens (tertiary/aromatic N) is 1. The first-order chi connectivity index (χ1) is 9.15. The molecule has 1 aromatic heterocycles. The number of hydrogen-bond donors (Lipinski definition) is 1. The Bertz CT molecular complexity index is 583. The van der Waals surface area contributed by atoms with Crippen LogP contribution in [0.25, 0.3) is 10.9 Å². The van der Waals surface area contributed by atoms with Crippen molar-refractivity contribution in [3.63, 3.8) is 0 Å². The molecule has 2 nitrogen and oxygen atoms in total. The van der Waals surface area contributed by atoms with E-state index in [1.54, 1.807) is 0 Å². The molecule has 0 spiro atoms. The molecule has 0 bridgehead atoms. The lowest BCUT2D eigenvalue weighted by Crippen LogP contribution is -2.38. The van der Waals surface area contributed by atoms with Crippen molar-refractivity contribution in [1.29, 1.82) is 0 Å². The minimum absolute atomic E-state index is 0.348. The van der Waals surface area contributed by atoms with Crippen molar-refractivity contribution in [2.75, 3.05) is 0 Å². The number of aromatic nitrogens is 1. The zero-order valence-electron chi connectivity index (χ0n) is 11.9. The van der Waals surface area contributed by atoms with Crippen molar-refractivity contribution in [2.45, 2.75) is 51.6 Å². The third kappa shape index (κ3) is 2.79. The maximum absolute atomic E-state index is 4.55. The molecule has 0 saturated heterocycles. The second kappa shape index (κ2) is 4.93. The van der Waals surface area contributed by atoms with E-state index in [2.05, 4.69) is 47.6 Å². The van der Waals surface area contributed by atoms with Crippen LogP contribution in [0.2, 0.25) is 0 Å². The second-order valence-electron chi connectivity index (χ2n) is 6.10. The zero-order valence-corrected chi connectivity index (χ0v) is 11.9. The lowest BCUT2D eigenvalue weighted by molar-refractivity contribution is 0.363. The van der Waals surface area contributed by atoms with E-state index in [-0.39, 0.29) is 0 Å². The Morgan fingerprint density at radius 3 is 2.74 bits per heavy atom. The Kier molecular flexibility index (Phi) is 3.28. The highest BCUT2D eigenvalue weighted by Crippen LogP contribution is 2.29. The third-order valence-electron chi connectivity index (χ3n) is 4.32. The standard InChI is InChI=1S/C17H22N2/c1-13-5-7-15-11-14(6-8-16(15)19-13)12-18-17(2)9-3-4-10-17/h5-8,11,18H,3-4,9-10,12H2,1-2H3. The maximum Gasteiger partial charge on any atom is 0.0705 e. The van der Waals surface area contributed by atoms with Crippen LogP contribution < -0.4 is 5.32 Å². The van der Waals surface area contributed by atoms with Crippen LogP contribution in [-0.2, 0) is 6.54 Å². The van der Waals surface area contributed by atoms with Gasteiger partial charge in [-0.05, 0) is 50.5 Å². The molecule has 0 amide bonds. The first-order valence-electron chi connectivity index (χ1n) is 7.26. The van der Waals surface area contributed by atoms with Crippen LogP contribution in [0, 0.1) is 6.92 Å². The number of hydrogen-bond acceptors (Lipinski definition) is 2. The monoisotopic (exact) mass is 254 g/mol. The molecule has 0 unspecified atom stereocenters. The van der Waals surface area contributed by atoms with Crippen LogP contribution in [0.1, 0.15) is 43.9 Å². The van der Waals surface area contributed by atoms with Crippen molar-refractivity contribution in [1.82, 2.24) is 10.3 Å². The molecular weight excluding hydrogens is 232 g/mol. The van der Waals surface area contributed by atoms with E-state index in [0.717, 1.165) is 17.8 Å². The van der Waals surface area contributed by atoms with Crippen molar-refractivity contribution in [3.05, 3.63) is 41.6 Å². The van der Waals surface area contributed by atoms with Crippen LogP contribution in [0.3, 0.4) is 0 Å². The summed E-state index contributed by atoms with van der Waals surface area (Å²) in [7, 11) is 0. The average Bonchev–Trinajstić information content (AvgIpc) is 2.84. The highest BCUT2D eigenvalue weighted by molar-refractivity contribution is 5.79. The van der Waals surface area contributed by atoms with Gasteiger partial charge in [0.25, 0.3) is 0 Å². The molecular formula is C17H22N2. The fraction of sp³-hybridized carbons (Fsp3) is 0.471. The Hall–Kier alpha value is -1.41. The summed E-state index contributed by atoms with van der Waals surface area (Å²) < 4.78 is 0. The van der Waals surface area contributed by atoms with Crippen LogP contribution in [-0.4, -0.2) is 10.5 Å². The first-order valence-corrected chi connectivity index (χ1v) is 7.26. The Morgan fingerprint density at radius 1 is 1.16 bits per heavy atom. The summed E-state index contributed by atoms with van der Waals surface area (Å²) in [6.45, 7) is 5.35. The molecule has 1 heterocycles. The Balaban J connectivity index is 1.76. The van der Waals surface area contributed by atoms with Gasteiger partial charge in [-0.25, -0.2) is 0 Å². The van der Waals surface area contributed by atoms with Crippen LogP contribution in [0.4, 0.5) is 0 Å². The highest BCUT2D eigenvalue weighted by atomic mass is 15.0. The number of aryl methyl sites for hydroxylation is 1. The minimum Gasteiger partial charge on any atom is -0.307 e. The summed E-state index contributed by atoms with van der Waals surface area (Å²) in [5.74, 6) is 0. The zero-order chi connectivity index (χ0) is 13.3. The van der Waals surface area contributed by atoms with E-state index in [4.69, 9.17) is 0 Å². The molecule has 1 aromatic carbocycles. The van der Waals surface area contributed by atoms with Crippen molar-refractivity contribution >= 4 is 10.9 Å². The summed E-state index contributed by atoms with van der Waals surface area (Å²) in [5.41, 5.74) is 3.87. The summed E-state index contributed by atoms with van der Waals surface area (Å²) in [5, 5.41) is 4.97. The lowest BCUT2D eigenvalue weighted by Gasteiger charge is -2.25. The van der Waals surface area contributed by atoms with Crippen LogP contribution in [0.15, 0.2) is 30.3 Å². The summed E-state index contributed by atoms with van der Waals surface area (Å²) in [6, 6.07) is 10.8. The lowest BCUT2D eigenvalue weighted by atomic mass is 10.00. The average molecular weight is 254 g/mol. The molecule has 2 heteroatoms. The van der Waals surface area contributed by atoms with Crippen LogP contribution in [0.5, 0.6) is 0 Å². The van der Waals surface area contributed by atoms with E-state index in [9.17, 15) is 0 Å². The van der Waals surface area contributed by atoms with Gasteiger partial charge in [0.2, 0.25) is 0 Å².